The molecule has 4 aromatic rings. The standard InChI is InChI=1S/C23H19FN6O2/c24-15-10-12-17(13-11-15)27-23-29-20(28-22(25)30-23)14-32-19-9-5-4-8-18(19)21(31)26-16-6-2-1-3-7-16/h1-13H,14H2,(H,26,31)(H3,25,27,28,29,30). The summed E-state index contributed by atoms with van der Waals surface area (Å²) in [6.07, 6.45) is 0. The molecule has 1 heterocycles. The van der Waals surface area contributed by atoms with E-state index in [4.69, 9.17) is 10.5 Å². The van der Waals surface area contributed by atoms with Gasteiger partial charge in [-0.3, -0.25) is 4.79 Å². The van der Waals surface area contributed by atoms with Crippen LogP contribution in [0.1, 0.15) is 16.2 Å². The molecule has 0 atom stereocenters. The lowest BCUT2D eigenvalue weighted by Gasteiger charge is -2.12. The van der Waals surface area contributed by atoms with Crippen LogP contribution in [0.4, 0.5) is 27.7 Å². The van der Waals surface area contributed by atoms with Gasteiger partial charge in [0.05, 0.1) is 5.56 Å². The van der Waals surface area contributed by atoms with E-state index in [9.17, 15) is 9.18 Å². The van der Waals surface area contributed by atoms with E-state index in [0.29, 0.717) is 22.7 Å². The van der Waals surface area contributed by atoms with Crippen molar-refractivity contribution in [3.63, 3.8) is 0 Å². The molecular formula is C23H19FN6O2. The minimum absolute atomic E-state index is 0.00156. The topological polar surface area (TPSA) is 115 Å². The van der Waals surface area contributed by atoms with Crippen LogP contribution in [0.5, 0.6) is 5.75 Å². The molecule has 1 aromatic heterocycles. The van der Waals surface area contributed by atoms with Crippen LogP contribution in [0, 0.1) is 5.82 Å². The quantitative estimate of drug-likeness (QED) is 0.403. The third-order valence-electron chi connectivity index (χ3n) is 4.32. The van der Waals surface area contributed by atoms with E-state index >= 15 is 0 Å². The predicted octanol–water partition coefficient (Wildman–Crippen LogP) is 4.17. The number of anilines is 4. The van der Waals surface area contributed by atoms with Gasteiger partial charge in [0.25, 0.3) is 5.91 Å². The van der Waals surface area contributed by atoms with E-state index in [-0.39, 0.29) is 36.1 Å². The SMILES string of the molecule is Nc1nc(COc2ccccc2C(=O)Nc2ccccc2)nc(Nc2ccc(F)cc2)n1. The van der Waals surface area contributed by atoms with Gasteiger partial charge in [0.2, 0.25) is 11.9 Å². The highest BCUT2D eigenvalue weighted by Gasteiger charge is 2.14. The summed E-state index contributed by atoms with van der Waals surface area (Å²) in [7, 11) is 0. The van der Waals surface area contributed by atoms with Gasteiger partial charge in [0, 0.05) is 11.4 Å². The number of carbonyl (C=O) groups is 1. The summed E-state index contributed by atoms with van der Waals surface area (Å²) in [5, 5.41) is 5.77. The third-order valence-corrected chi connectivity index (χ3v) is 4.32. The molecule has 0 spiro atoms. The van der Waals surface area contributed by atoms with E-state index in [2.05, 4.69) is 25.6 Å². The summed E-state index contributed by atoms with van der Waals surface area (Å²) < 4.78 is 18.9. The van der Waals surface area contributed by atoms with Crippen molar-refractivity contribution in [2.75, 3.05) is 16.4 Å². The maximum atomic E-state index is 13.1. The smallest absolute Gasteiger partial charge is 0.259 e. The first-order valence-electron chi connectivity index (χ1n) is 9.68. The average molecular weight is 430 g/mol. The second-order valence-electron chi connectivity index (χ2n) is 6.67. The first kappa shape index (κ1) is 20.7. The first-order valence-corrected chi connectivity index (χ1v) is 9.68. The van der Waals surface area contributed by atoms with Crippen molar-refractivity contribution >= 4 is 29.2 Å². The number of nitrogens with zero attached hydrogens (tertiary/aromatic N) is 3. The maximum absolute atomic E-state index is 13.1. The van der Waals surface area contributed by atoms with E-state index in [1.165, 1.54) is 12.1 Å². The number of amides is 1. The van der Waals surface area contributed by atoms with Crippen molar-refractivity contribution in [2.24, 2.45) is 0 Å². The van der Waals surface area contributed by atoms with Gasteiger partial charge in [-0.1, -0.05) is 30.3 Å². The fourth-order valence-electron chi connectivity index (χ4n) is 2.86. The second kappa shape index (κ2) is 9.52. The highest BCUT2D eigenvalue weighted by Crippen LogP contribution is 2.21. The lowest BCUT2D eigenvalue weighted by molar-refractivity contribution is 0.102. The molecule has 8 nitrogen and oxygen atoms in total. The van der Waals surface area contributed by atoms with Crippen LogP contribution in [0.3, 0.4) is 0 Å². The molecule has 9 heteroatoms. The minimum Gasteiger partial charge on any atom is -0.485 e. The molecule has 0 aliphatic rings. The Labute approximate surface area is 183 Å². The maximum Gasteiger partial charge on any atom is 0.259 e. The Bertz CT molecular complexity index is 1220. The molecule has 0 unspecified atom stereocenters. The number of hydrogen-bond acceptors (Lipinski definition) is 7. The van der Waals surface area contributed by atoms with Gasteiger partial charge in [-0.15, -0.1) is 0 Å². The Morgan fingerprint density at radius 3 is 2.38 bits per heavy atom. The summed E-state index contributed by atoms with van der Waals surface area (Å²) in [6.45, 7) is -0.0412. The number of nitrogens with one attached hydrogen (secondary N) is 2. The third kappa shape index (κ3) is 5.33. The van der Waals surface area contributed by atoms with Crippen LogP contribution in [0.2, 0.25) is 0 Å². The molecule has 0 radical (unpaired) electrons. The van der Waals surface area contributed by atoms with Crippen LogP contribution >= 0.6 is 0 Å². The van der Waals surface area contributed by atoms with E-state index in [0.717, 1.165) is 0 Å². The first-order chi connectivity index (χ1) is 15.6. The number of ether oxygens (including phenoxy) is 1. The Kier molecular flexibility index (Phi) is 6.17. The summed E-state index contributed by atoms with van der Waals surface area (Å²) in [4.78, 5) is 25.1. The zero-order valence-corrected chi connectivity index (χ0v) is 16.8. The number of halogens is 1. The van der Waals surface area contributed by atoms with Crippen LogP contribution in [-0.2, 0) is 6.61 Å². The zero-order chi connectivity index (χ0) is 22.3. The summed E-state index contributed by atoms with van der Waals surface area (Å²) in [5.74, 6) is 0.167. The van der Waals surface area contributed by atoms with Crippen molar-refractivity contribution < 1.29 is 13.9 Å². The Balaban J connectivity index is 1.47. The van der Waals surface area contributed by atoms with Crippen molar-refractivity contribution in [1.29, 1.82) is 0 Å². The van der Waals surface area contributed by atoms with Crippen LogP contribution in [0.25, 0.3) is 0 Å². The number of nitrogens with two attached hydrogens (primary N) is 1. The number of nitrogen functional groups attached to an aromatic ring is 1. The molecule has 4 rings (SSSR count). The highest BCUT2D eigenvalue weighted by molar-refractivity contribution is 6.06. The molecule has 0 saturated heterocycles. The molecule has 0 aliphatic heterocycles. The molecule has 0 fully saturated rings. The summed E-state index contributed by atoms with van der Waals surface area (Å²) in [5.41, 5.74) is 7.42. The molecule has 32 heavy (non-hydrogen) atoms. The summed E-state index contributed by atoms with van der Waals surface area (Å²) >= 11 is 0. The molecule has 160 valence electrons. The summed E-state index contributed by atoms with van der Waals surface area (Å²) in [6, 6.07) is 21.7. The Morgan fingerprint density at radius 1 is 0.875 bits per heavy atom. The van der Waals surface area contributed by atoms with Gasteiger partial charge in [0.15, 0.2) is 5.82 Å². The molecule has 0 bridgehead atoms. The lowest BCUT2D eigenvalue weighted by Crippen LogP contribution is -2.14. The van der Waals surface area contributed by atoms with Gasteiger partial charge in [0.1, 0.15) is 18.2 Å². The molecule has 0 aliphatic carbocycles. The highest BCUT2D eigenvalue weighted by atomic mass is 19.1. The average Bonchev–Trinajstić information content (AvgIpc) is 2.80. The Hall–Kier alpha value is -4.53. The molecule has 0 saturated carbocycles. The van der Waals surface area contributed by atoms with E-state index in [1.54, 1.807) is 48.5 Å². The molecular weight excluding hydrogens is 411 g/mol. The fraction of sp³-hybridized carbons (Fsp3) is 0.0435. The Morgan fingerprint density at radius 2 is 1.59 bits per heavy atom. The number of aromatic nitrogens is 3. The molecule has 4 N–H and O–H groups in total. The number of rotatable bonds is 7. The van der Waals surface area contributed by atoms with Gasteiger partial charge >= 0.3 is 0 Å². The fourth-order valence-corrected chi connectivity index (χ4v) is 2.86. The number of carbonyl (C=O) groups excluding carboxylic acids is 1. The van der Waals surface area contributed by atoms with Crippen molar-refractivity contribution in [3.8, 4) is 5.75 Å². The zero-order valence-electron chi connectivity index (χ0n) is 16.8. The number of hydrogen-bond donors (Lipinski definition) is 3. The number of benzene rings is 3. The lowest BCUT2D eigenvalue weighted by atomic mass is 10.2. The van der Waals surface area contributed by atoms with E-state index in [1.807, 2.05) is 18.2 Å². The van der Waals surface area contributed by atoms with Crippen molar-refractivity contribution in [3.05, 3.63) is 96.1 Å². The van der Waals surface area contributed by atoms with Gasteiger partial charge in [-0.05, 0) is 48.5 Å². The van der Waals surface area contributed by atoms with Gasteiger partial charge in [-0.25, -0.2) is 4.39 Å². The largest absolute Gasteiger partial charge is 0.485 e. The van der Waals surface area contributed by atoms with Crippen molar-refractivity contribution in [2.45, 2.75) is 6.61 Å². The van der Waals surface area contributed by atoms with Crippen molar-refractivity contribution in [1.82, 2.24) is 15.0 Å². The predicted molar refractivity (Wildman–Crippen MR) is 119 cm³/mol. The normalized spacial score (nSPS) is 10.4. The van der Waals surface area contributed by atoms with E-state index < -0.39 is 0 Å². The van der Waals surface area contributed by atoms with Gasteiger partial charge < -0.3 is 21.1 Å². The van der Waals surface area contributed by atoms with Crippen LogP contribution in [0.15, 0.2) is 78.9 Å². The molecule has 1 amide bonds. The monoisotopic (exact) mass is 430 g/mol. The van der Waals surface area contributed by atoms with Crippen LogP contribution < -0.4 is 21.1 Å². The van der Waals surface area contributed by atoms with Crippen LogP contribution in [-0.4, -0.2) is 20.9 Å². The molecule has 3 aromatic carbocycles. The minimum atomic E-state index is -0.352. The number of para-hydroxylation sites is 2. The van der Waals surface area contributed by atoms with Gasteiger partial charge in [-0.2, -0.15) is 15.0 Å². The second-order valence-corrected chi connectivity index (χ2v) is 6.67.